The Morgan fingerprint density at radius 3 is 2.53 bits per heavy atom. The number of likely N-dealkylation sites (N-methyl/N-ethyl adjacent to an activating group) is 1. The molecule has 0 aliphatic rings. The molecule has 0 fully saturated rings. The Hall–Kier alpha value is -2.95. The van der Waals surface area contributed by atoms with Gasteiger partial charge in [-0.3, -0.25) is 13.9 Å². The van der Waals surface area contributed by atoms with Crippen LogP contribution in [0.15, 0.2) is 39.9 Å². The maximum absolute atomic E-state index is 12.9. The predicted molar refractivity (Wildman–Crippen MR) is 115 cm³/mol. The quantitative estimate of drug-likeness (QED) is 0.423. The van der Waals surface area contributed by atoms with Crippen LogP contribution in [0.4, 0.5) is 5.95 Å². The lowest BCUT2D eigenvalue weighted by Gasteiger charge is -2.21. The summed E-state index contributed by atoms with van der Waals surface area (Å²) in [7, 11) is 4.78. The van der Waals surface area contributed by atoms with Crippen LogP contribution < -0.4 is 16.6 Å². The van der Waals surface area contributed by atoms with Crippen LogP contribution in [0.3, 0.4) is 0 Å². The van der Waals surface area contributed by atoms with Crippen LogP contribution in [-0.4, -0.2) is 66.6 Å². The maximum Gasteiger partial charge on any atom is 0.332 e. The summed E-state index contributed by atoms with van der Waals surface area (Å²) in [6.07, 6.45) is -0.807. The number of nitrogens with one attached hydrogen (secondary N) is 1. The summed E-state index contributed by atoms with van der Waals surface area (Å²) in [5.74, 6) is 0.399. The van der Waals surface area contributed by atoms with Gasteiger partial charge in [0.25, 0.3) is 5.56 Å². The average Bonchev–Trinajstić information content (AvgIpc) is 3.08. The minimum Gasteiger partial charge on any atom is -0.395 e. The van der Waals surface area contributed by atoms with E-state index in [-0.39, 0.29) is 24.3 Å². The van der Waals surface area contributed by atoms with Crippen molar-refractivity contribution in [2.24, 2.45) is 14.1 Å². The van der Waals surface area contributed by atoms with E-state index >= 15 is 0 Å². The first-order chi connectivity index (χ1) is 14.3. The van der Waals surface area contributed by atoms with Crippen LogP contribution >= 0.6 is 0 Å². The van der Waals surface area contributed by atoms with Gasteiger partial charge in [0.1, 0.15) is 0 Å². The summed E-state index contributed by atoms with van der Waals surface area (Å²) < 4.78 is 3.98. The lowest BCUT2D eigenvalue weighted by atomic mass is 10.2. The largest absolute Gasteiger partial charge is 0.395 e. The van der Waals surface area contributed by atoms with Crippen LogP contribution in [0.5, 0.6) is 0 Å². The number of hydrogen-bond donors (Lipinski definition) is 3. The molecule has 162 valence electrons. The van der Waals surface area contributed by atoms with Crippen LogP contribution in [0.25, 0.3) is 11.2 Å². The number of aliphatic hydroxyl groups excluding tert-OH is 2. The number of aromatic nitrogens is 4. The van der Waals surface area contributed by atoms with E-state index in [9.17, 15) is 14.7 Å². The molecule has 0 amide bonds. The number of benzene rings is 1. The molecular formula is C20H28N6O4. The lowest BCUT2D eigenvalue weighted by Crippen LogP contribution is -2.38. The van der Waals surface area contributed by atoms with E-state index in [1.807, 2.05) is 30.3 Å². The molecule has 2 heterocycles. The second kappa shape index (κ2) is 9.24. The Kier molecular flexibility index (Phi) is 6.70. The number of aryl methyl sites for hydroxylation is 1. The number of fused-ring (bicyclic) bond motifs is 1. The number of hydrogen-bond acceptors (Lipinski definition) is 7. The zero-order valence-corrected chi connectivity index (χ0v) is 17.4. The summed E-state index contributed by atoms with van der Waals surface area (Å²) in [6.45, 7) is 1.31. The Labute approximate surface area is 173 Å². The van der Waals surface area contributed by atoms with Crippen molar-refractivity contribution in [2.75, 3.05) is 32.1 Å². The summed E-state index contributed by atoms with van der Waals surface area (Å²) in [5, 5.41) is 22.9. The Bertz CT molecular complexity index is 1120. The third-order valence-electron chi connectivity index (χ3n) is 5.04. The van der Waals surface area contributed by atoms with Crippen molar-refractivity contribution in [1.82, 2.24) is 23.6 Å². The predicted octanol–water partition coefficient (Wildman–Crippen LogP) is -0.669. The fourth-order valence-electron chi connectivity index (χ4n) is 3.43. The molecule has 10 nitrogen and oxygen atoms in total. The van der Waals surface area contributed by atoms with Gasteiger partial charge < -0.3 is 25.0 Å². The van der Waals surface area contributed by atoms with Crippen molar-refractivity contribution in [3.63, 3.8) is 0 Å². The standard InChI is InChI=1S/C20H28N6O4/c1-23(9-10-27)12-15(28)13-26-16-17(24(2)20(30)25(3)18(16)29)22-19(26)21-11-14-7-5-4-6-8-14/h4-8,15,27-28H,9-13H2,1-3H3,(H,21,22). The third kappa shape index (κ3) is 4.45. The zero-order valence-electron chi connectivity index (χ0n) is 17.4. The topological polar surface area (TPSA) is 118 Å². The van der Waals surface area contributed by atoms with Crippen molar-refractivity contribution < 1.29 is 10.2 Å². The van der Waals surface area contributed by atoms with Gasteiger partial charge in [0.05, 0.1) is 19.3 Å². The van der Waals surface area contributed by atoms with Gasteiger partial charge in [0.2, 0.25) is 5.95 Å². The van der Waals surface area contributed by atoms with Crippen molar-refractivity contribution in [2.45, 2.75) is 19.2 Å². The molecule has 0 spiro atoms. The molecule has 1 unspecified atom stereocenters. The van der Waals surface area contributed by atoms with Crippen LogP contribution in [-0.2, 0) is 27.2 Å². The maximum atomic E-state index is 12.9. The number of rotatable bonds is 9. The van der Waals surface area contributed by atoms with Gasteiger partial charge in [0.15, 0.2) is 11.2 Å². The van der Waals surface area contributed by atoms with Crippen molar-refractivity contribution in [3.05, 3.63) is 56.7 Å². The normalized spacial score (nSPS) is 12.6. The first-order valence-electron chi connectivity index (χ1n) is 9.75. The molecule has 2 aromatic heterocycles. The molecule has 0 aliphatic heterocycles. The molecule has 3 aromatic rings. The summed E-state index contributed by atoms with van der Waals surface area (Å²) in [6, 6.07) is 9.72. The molecular weight excluding hydrogens is 388 g/mol. The number of anilines is 1. The summed E-state index contributed by atoms with van der Waals surface area (Å²) in [5.41, 5.74) is 0.606. The van der Waals surface area contributed by atoms with Gasteiger partial charge >= 0.3 is 5.69 Å². The average molecular weight is 416 g/mol. The van der Waals surface area contributed by atoms with Crippen LogP contribution in [0.1, 0.15) is 5.56 Å². The number of nitrogens with zero attached hydrogens (tertiary/aromatic N) is 5. The minimum atomic E-state index is -0.807. The number of imidazole rings is 1. The van der Waals surface area contributed by atoms with Crippen molar-refractivity contribution in [3.8, 4) is 0 Å². The Morgan fingerprint density at radius 1 is 1.17 bits per heavy atom. The molecule has 30 heavy (non-hydrogen) atoms. The van der Waals surface area contributed by atoms with E-state index in [1.165, 1.54) is 11.6 Å². The molecule has 0 bridgehead atoms. The zero-order chi connectivity index (χ0) is 21.8. The molecule has 0 radical (unpaired) electrons. The highest BCUT2D eigenvalue weighted by atomic mass is 16.3. The monoisotopic (exact) mass is 416 g/mol. The highest BCUT2D eigenvalue weighted by Gasteiger charge is 2.21. The fraction of sp³-hybridized carbons (Fsp3) is 0.450. The second-order valence-corrected chi connectivity index (χ2v) is 7.40. The van der Waals surface area contributed by atoms with Gasteiger partial charge in [-0.05, 0) is 12.6 Å². The van der Waals surface area contributed by atoms with E-state index in [0.717, 1.165) is 10.1 Å². The van der Waals surface area contributed by atoms with E-state index in [0.29, 0.717) is 25.6 Å². The second-order valence-electron chi connectivity index (χ2n) is 7.40. The highest BCUT2D eigenvalue weighted by Crippen LogP contribution is 2.17. The molecule has 0 saturated heterocycles. The van der Waals surface area contributed by atoms with Crippen LogP contribution in [0.2, 0.25) is 0 Å². The molecule has 1 atom stereocenters. The first-order valence-corrected chi connectivity index (χ1v) is 9.75. The minimum absolute atomic E-state index is 0.0102. The summed E-state index contributed by atoms with van der Waals surface area (Å²) >= 11 is 0. The van der Waals surface area contributed by atoms with Gasteiger partial charge in [0, 0.05) is 33.7 Å². The SMILES string of the molecule is CN(CCO)CC(O)Cn1c(NCc2ccccc2)nc2c1c(=O)n(C)c(=O)n2C. The molecule has 0 saturated carbocycles. The number of aliphatic hydroxyl groups is 2. The van der Waals surface area contributed by atoms with Crippen molar-refractivity contribution in [1.29, 1.82) is 0 Å². The Balaban J connectivity index is 2.02. The molecule has 10 heteroatoms. The van der Waals surface area contributed by atoms with Crippen LogP contribution in [0, 0.1) is 0 Å². The van der Waals surface area contributed by atoms with Gasteiger partial charge in [-0.15, -0.1) is 0 Å². The molecule has 3 rings (SSSR count). The molecule has 1 aromatic carbocycles. The summed E-state index contributed by atoms with van der Waals surface area (Å²) in [4.78, 5) is 31.5. The molecule has 0 aliphatic carbocycles. The van der Waals surface area contributed by atoms with E-state index < -0.39 is 17.4 Å². The van der Waals surface area contributed by atoms with Gasteiger partial charge in [-0.1, -0.05) is 30.3 Å². The molecule has 3 N–H and O–H groups in total. The van der Waals surface area contributed by atoms with Crippen molar-refractivity contribution >= 4 is 17.1 Å². The van der Waals surface area contributed by atoms with E-state index in [4.69, 9.17) is 5.11 Å². The highest BCUT2D eigenvalue weighted by molar-refractivity contribution is 5.74. The van der Waals surface area contributed by atoms with Gasteiger partial charge in [-0.2, -0.15) is 4.98 Å². The van der Waals surface area contributed by atoms with E-state index in [1.54, 1.807) is 23.6 Å². The van der Waals surface area contributed by atoms with E-state index in [2.05, 4.69) is 10.3 Å². The first kappa shape index (κ1) is 21.8. The van der Waals surface area contributed by atoms with Gasteiger partial charge in [-0.25, -0.2) is 4.79 Å². The Morgan fingerprint density at radius 2 is 1.87 bits per heavy atom. The lowest BCUT2D eigenvalue weighted by molar-refractivity contribution is 0.102. The fourth-order valence-corrected chi connectivity index (χ4v) is 3.43. The smallest absolute Gasteiger partial charge is 0.332 e. The third-order valence-corrected chi connectivity index (χ3v) is 5.04.